The molecule has 100 valence electrons. The van der Waals surface area contributed by atoms with Gasteiger partial charge in [-0.1, -0.05) is 0 Å². The van der Waals surface area contributed by atoms with Gasteiger partial charge in [-0.2, -0.15) is 0 Å². The number of aromatic nitrogens is 2. The van der Waals surface area contributed by atoms with E-state index in [1.165, 1.54) is 6.33 Å². The van der Waals surface area contributed by atoms with E-state index in [-0.39, 0.29) is 4.88 Å². The highest BCUT2D eigenvalue weighted by molar-refractivity contribution is 7.20. The van der Waals surface area contributed by atoms with Crippen molar-refractivity contribution in [2.75, 3.05) is 31.2 Å². The molecule has 1 aliphatic rings. The summed E-state index contributed by atoms with van der Waals surface area (Å²) in [5.74, 6) is -0.372. The molecular formula is C12H12N3O3S-. The van der Waals surface area contributed by atoms with Gasteiger partial charge in [-0.25, -0.2) is 9.97 Å². The second kappa shape index (κ2) is 4.75. The number of aryl methyl sites for hydroxylation is 1. The molecule has 1 aliphatic heterocycles. The standard InChI is InChI=1S/C12H13N3O3S/c1-7-8-10(15-2-4-18-5-3-15)13-6-14-11(8)19-9(7)12(16)17/h6H,2-5H2,1H3,(H,16,17)/p-1. The summed E-state index contributed by atoms with van der Waals surface area (Å²) in [5, 5.41) is 11.9. The number of ether oxygens (including phenoxy) is 1. The highest BCUT2D eigenvalue weighted by Crippen LogP contribution is 2.34. The minimum absolute atomic E-state index is 0.227. The third-order valence-corrected chi connectivity index (χ3v) is 4.38. The number of hydrogen-bond donors (Lipinski definition) is 0. The Kier molecular flexibility index (Phi) is 3.08. The summed E-state index contributed by atoms with van der Waals surface area (Å²) >= 11 is 1.14. The Bertz CT molecular complexity index is 634. The second-order valence-corrected chi connectivity index (χ2v) is 5.32. The fraction of sp³-hybridized carbons (Fsp3) is 0.417. The molecule has 1 fully saturated rings. The Hall–Kier alpha value is -1.73. The van der Waals surface area contributed by atoms with Crippen LogP contribution in [0.5, 0.6) is 0 Å². The van der Waals surface area contributed by atoms with Crippen LogP contribution >= 0.6 is 11.3 Å². The fourth-order valence-electron chi connectivity index (χ4n) is 2.26. The monoisotopic (exact) mass is 278 g/mol. The Balaban J connectivity index is 2.16. The average molecular weight is 278 g/mol. The number of fused-ring (bicyclic) bond motifs is 1. The van der Waals surface area contributed by atoms with Crippen molar-refractivity contribution >= 4 is 33.3 Å². The third kappa shape index (κ3) is 2.04. The predicted molar refractivity (Wildman–Crippen MR) is 69.5 cm³/mol. The maximum atomic E-state index is 11.1. The van der Waals surface area contributed by atoms with Gasteiger partial charge in [0.05, 0.1) is 29.4 Å². The van der Waals surface area contributed by atoms with Crippen LogP contribution in [0.3, 0.4) is 0 Å². The minimum Gasteiger partial charge on any atom is -0.544 e. The molecule has 0 aliphatic carbocycles. The SMILES string of the molecule is Cc1c(C(=O)[O-])sc2ncnc(N3CCOCC3)c12. The molecule has 1 saturated heterocycles. The molecule has 0 saturated carbocycles. The molecule has 19 heavy (non-hydrogen) atoms. The van der Waals surface area contributed by atoms with Gasteiger partial charge in [0, 0.05) is 13.1 Å². The Labute approximate surface area is 113 Å². The van der Waals surface area contributed by atoms with Gasteiger partial charge in [0.15, 0.2) is 0 Å². The fourth-order valence-corrected chi connectivity index (χ4v) is 3.24. The first-order valence-corrected chi connectivity index (χ1v) is 6.78. The Morgan fingerprint density at radius 1 is 1.42 bits per heavy atom. The van der Waals surface area contributed by atoms with Gasteiger partial charge in [0.1, 0.15) is 17.0 Å². The highest BCUT2D eigenvalue weighted by Gasteiger charge is 2.20. The highest BCUT2D eigenvalue weighted by atomic mass is 32.1. The van der Waals surface area contributed by atoms with E-state index in [4.69, 9.17) is 4.74 Å². The zero-order valence-corrected chi connectivity index (χ0v) is 11.2. The lowest BCUT2D eigenvalue weighted by atomic mass is 10.2. The lowest BCUT2D eigenvalue weighted by molar-refractivity contribution is -0.254. The molecule has 6 nitrogen and oxygen atoms in total. The van der Waals surface area contributed by atoms with Gasteiger partial charge < -0.3 is 19.5 Å². The molecule has 0 unspecified atom stereocenters. The number of carboxylic acids is 1. The lowest BCUT2D eigenvalue weighted by Gasteiger charge is -2.28. The van der Waals surface area contributed by atoms with E-state index in [9.17, 15) is 9.90 Å². The van der Waals surface area contributed by atoms with Gasteiger partial charge in [0.25, 0.3) is 0 Å². The van der Waals surface area contributed by atoms with Crippen LogP contribution < -0.4 is 10.0 Å². The average Bonchev–Trinajstić information content (AvgIpc) is 2.78. The lowest BCUT2D eigenvalue weighted by Crippen LogP contribution is -2.36. The third-order valence-electron chi connectivity index (χ3n) is 3.20. The molecular weight excluding hydrogens is 266 g/mol. The van der Waals surface area contributed by atoms with E-state index in [0.717, 1.165) is 35.6 Å². The van der Waals surface area contributed by atoms with Crippen LogP contribution in [-0.2, 0) is 4.74 Å². The molecule has 2 aromatic heterocycles. The van der Waals surface area contributed by atoms with E-state index in [2.05, 4.69) is 14.9 Å². The van der Waals surface area contributed by atoms with Crippen LogP contribution in [0.1, 0.15) is 15.2 Å². The van der Waals surface area contributed by atoms with Gasteiger partial charge in [0.2, 0.25) is 0 Å². The van der Waals surface area contributed by atoms with Crippen molar-refractivity contribution in [3.8, 4) is 0 Å². The van der Waals surface area contributed by atoms with Crippen molar-refractivity contribution in [3.05, 3.63) is 16.8 Å². The molecule has 3 rings (SSSR count). The summed E-state index contributed by atoms with van der Waals surface area (Å²) < 4.78 is 5.32. The number of rotatable bonds is 2. The maximum Gasteiger partial charge on any atom is 0.141 e. The molecule has 7 heteroatoms. The topological polar surface area (TPSA) is 78.4 Å². The van der Waals surface area contributed by atoms with E-state index in [1.54, 1.807) is 6.92 Å². The summed E-state index contributed by atoms with van der Waals surface area (Å²) in [6.07, 6.45) is 1.47. The largest absolute Gasteiger partial charge is 0.544 e. The molecule has 0 spiro atoms. The maximum absolute atomic E-state index is 11.1. The van der Waals surface area contributed by atoms with Crippen molar-refractivity contribution < 1.29 is 14.6 Å². The number of anilines is 1. The summed E-state index contributed by atoms with van der Waals surface area (Å²) in [4.78, 5) is 22.6. The first kappa shape index (κ1) is 12.3. The van der Waals surface area contributed by atoms with Crippen molar-refractivity contribution in [1.82, 2.24) is 9.97 Å². The van der Waals surface area contributed by atoms with Gasteiger partial charge in [-0.3, -0.25) is 0 Å². The smallest absolute Gasteiger partial charge is 0.141 e. The van der Waals surface area contributed by atoms with E-state index in [1.807, 2.05) is 0 Å². The van der Waals surface area contributed by atoms with Crippen molar-refractivity contribution in [3.63, 3.8) is 0 Å². The molecule has 0 N–H and O–H groups in total. The zero-order chi connectivity index (χ0) is 13.4. The van der Waals surface area contributed by atoms with Gasteiger partial charge >= 0.3 is 0 Å². The van der Waals surface area contributed by atoms with Crippen LogP contribution in [0, 0.1) is 6.92 Å². The first-order valence-electron chi connectivity index (χ1n) is 5.96. The number of aromatic carboxylic acids is 1. The first-order chi connectivity index (χ1) is 9.18. The Morgan fingerprint density at radius 3 is 2.84 bits per heavy atom. The summed E-state index contributed by atoms with van der Waals surface area (Å²) in [6, 6.07) is 0. The number of hydrogen-bond acceptors (Lipinski definition) is 7. The zero-order valence-electron chi connectivity index (χ0n) is 10.4. The van der Waals surface area contributed by atoms with Crippen LogP contribution in [-0.4, -0.2) is 42.2 Å². The molecule has 0 aromatic carbocycles. The van der Waals surface area contributed by atoms with Crippen LogP contribution in [0.4, 0.5) is 5.82 Å². The number of carboxylic acid groups (broad SMARTS) is 1. The quantitative estimate of drug-likeness (QED) is 0.781. The number of thiophene rings is 1. The normalized spacial score (nSPS) is 15.9. The van der Waals surface area contributed by atoms with Crippen molar-refractivity contribution in [2.45, 2.75) is 6.92 Å². The number of carbonyl (C=O) groups excluding carboxylic acids is 1. The van der Waals surface area contributed by atoms with E-state index < -0.39 is 5.97 Å². The summed E-state index contributed by atoms with van der Waals surface area (Å²) in [6.45, 7) is 4.59. The molecule has 2 aromatic rings. The molecule has 0 bridgehead atoms. The Morgan fingerprint density at radius 2 is 2.16 bits per heavy atom. The molecule has 0 amide bonds. The van der Waals surface area contributed by atoms with E-state index in [0.29, 0.717) is 23.6 Å². The summed E-state index contributed by atoms with van der Waals surface area (Å²) in [5.41, 5.74) is 0.682. The van der Waals surface area contributed by atoms with Gasteiger partial charge in [-0.15, -0.1) is 11.3 Å². The van der Waals surface area contributed by atoms with Gasteiger partial charge in [-0.05, 0) is 12.5 Å². The number of carbonyl (C=O) groups is 1. The van der Waals surface area contributed by atoms with Crippen LogP contribution in [0.2, 0.25) is 0 Å². The summed E-state index contributed by atoms with van der Waals surface area (Å²) in [7, 11) is 0. The molecule has 0 radical (unpaired) electrons. The second-order valence-electron chi connectivity index (χ2n) is 4.32. The number of nitrogens with zero attached hydrogens (tertiary/aromatic N) is 3. The molecule has 0 atom stereocenters. The van der Waals surface area contributed by atoms with Crippen LogP contribution in [0.15, 0.2) is 6.33 Å². The molecule has 3 heterocycles. The van der Waals surface area contributed by atoms with Crippen molar-refractivity contribution in [1.29, 1.82) is 0 Å². The van der Waals surface area contributed by atoms with Crippen molar-refractivity contribution in [2.24, 2.45) is 0 Å². The number of morpholine rings is 1. The van der Waals surface area contributed by atoms with Crippen LogP contribution in [0.25, 0.3) is 10.2 Å². The minimum atomic E-state index is -1.16. The predicted octanol–water partition coefficient (Wildman–Crippen LogP) is 0.200. The van der Waals surface area contributed by atoms with E-state index >= 15 is 0 Å².